The van der Waals surface area contributed by atoms with Gasteiger partial charge in [0.2, 0.25) is 0 Å². The Kier molecular flexibility index (Phi) is 4.54. The first-order valence-corrected chi connectivity index (χ1v) is 6.71. The number of hydrogen-bond acceptors (Lipinski definition) is 4. The van der Waals surface area contributed by atoms with Crippen molar-refractivity contribution in [2.75, 3.05) is 19.3 Å². The maximum Gasteiger partial charge on any atom is 0.410 e. The fraction of sp³-hybridized carbons (Fsp3) is 0.900. The van der Waals surface area contributed by atoms with Crippen molar-refractivity contribution in [1.29, 1.82) is 0 Å². The van der Waals surface area contributed by atoms with Gasteiger partial charge in [-0.25, -0.2) is 4.79 Å². The Morgan fingerprint density at radius 2 is 2.18 bits per heavy atom. The summed E-state index contributed by atoms with van der Waals surface area (Å²) >= 11 is 1.61. The van der Waals surface area contributed by atoms with E-state index >= 15 is 0 Å². The summed E-state index contributed by atoms with van der Waals surface area (Å²) in [6.07, 6.45) is 1.61. The zero-order valence-corrected chi connectivity index (χ0v) is 11.4. The van der Waals surface area contributed by atoms with Gasteiger partial charge in [0, 0.05) is 23.3 Å². The van der Waals surface area contributed by atoms with Crippen molar-refractivity contribution in [1.82, 2.24) is 4.90 Å². The van der Waals surface area contributed by atoms with Gasteiger partial charge in [0.25, 0.3) is 0 Å². The molecule has 1 rings (SSSR count). The molecule has 17 heavy (non-hydrogen) atoms. The van der Waals surface area contributed by atoms with Crippen LogP contribution in [0.4, 0.5) is 4.79 Å². The fourth-order valence-corrected chi connectivity index (χ4v) is 2.42. The molecule has 6 nitrogen and oxygen atoms in total. The third-order valence-corrected chi connectivity index (χ3v) is 3.46. The van der Waals surface area contributed by atoms with Crippen molar-refractivity contribution < 1.29 is 9.53 Å². The number of nitrogens with zero attached hydrogens (tertiary/aromatic N) is 4. The molecule has 0 saturated carbocycles. The van der Waals surface area contributed by atoms with Gasteiger partial charge in [-0.05, 0) is 32.6 Å². The maximum absolute atomic E-state index is 11.8. The summed E-state index contributed by atoms with van der Waals surface area (Å²) in [7, 11) is 0. The Morgan fingerprint density at radius 1 is 1.53 bits per heavy atom. The third-order valence-electron chi connectivity index (χ3n) is 2.39. The van der Waals surface area contributed by atoms with Crippen molar-refractivity contribution >= 4 is 17.9 Å². The summed E-state index contributed by atoms with van der Waals surface area (Å²) in [5, 5.41) is 3.87. The van der Waals surface area contributed by atoms with Crippen molar-refractivity contribution in [3.05, 3.63) is 10.4 Å². The van der Waals surface area contributed by atoms with Crippen LogP contribution in [-0.2, 0) is 4.74 Å². The molecule has 0 radical (unpaired) electrons. The molecule has 0 bridgehead atoms. The second-order valence-electron chi connectivity index (χ2n) is 4.93. The quantitative estimate of drug-likeness (QED) is 0.434. The number of thioether (sulfide) groups is 1. The highest BCUT2D eigenvalue weighted by molar-refractivity contribution is 7.99. The molecule has 1 fully saturated rings. The second kappa shape index (κ2) is 5.51. The summed E-state index contributed by atoms with van der Waals surface area (Å²) in [6.45, 7) is 6.50. The van der Waals surface area contributed by atoms with Crippen LogP contribution in [0.5, 0.6) is 0 Å². The lowest BCUT2D eigenvalue weighted by atomic mass is 10.2. The van der Waals surface area contributed by atoms with Crippen LogP contribution in [0.3, 0.4) is 0 Å². The largest absolute Gasteiger partial charge is 0.444 e. The first-order chi connectivity index (χ1) is 7.87. The summed E-state index contributed by atoms with van der Waals surface area (Å²) in [6, 6.07) is -0.164. The molecule has 7 heteroatoms. The van der Waals surface area contributed by atoms with E-state index in [2.05, 4.69) is 10.0 Å². The number of hydrogen-bond donors (Lipinski definition) is 0. The Hall–Kier alpha value is -1.07. The predicted molar refractivity (Wildman–Crippen MR) is 68.0 cm³/mol. The lowest BCUT2D eigenvalue weighted by molar-refractivity contribution is 0.0293. The number of ether oxygens (including phenoxy) is 1. The molecular weight excluding hydrogens is 240 g/mol. The average Bonchev–Trinajstić information content (AvgIpc) is 2.59. The smallest absolute Gasteiger partial charge is 0.410 e. The van der Waals surface area contributed by atoms with Crippen LogP contribution in [0.15, 0.2) is 5.11 Å². The monoisotopic (exact) mass is 258 g/mol. The van der Waals surface area contributed by atoms with Crippen molar-refractivity contribution in [2.24, 2.45) is 5.11 Å². The van der Waals surface area contributed by atoms with Crippen LogP contribution in [0, 0.1) is 0 Å². The minimum absolute atomic E-state index is 0.151. The highest BCUT2D eigenvalue weighted by Crippen LogP contribution is 2.25. The lowest BCUT2D eigenvalue weighted by Crippen LogP contribution is -2.35. The number of carbonyl (C=O) groups excluding carboxylic acids is 1. The standard InChI is InChI=1S/C10H18N4O2S/c1-10(2,3)16-9(15)14-5-7(12-13-11)8(6-14)17-4/h7-8H,5-6H2,1-4H3/t7-,8-/m1/s1. The van der Waals surface area contributed by atoms with Gasteiger partial charge in [0.1, 0.15) is 5.60 Å². The topological polar surface area (TPSA) is 78.3 Å². The number of likely N-dealkylation sites (tertiary alicyclic amines) is 1. The number of azide groups is 1. The molecule has 1 heterocycles. The van der Waals surface area contributed by atoms with Gasteiger partial charge in [0.05, 0.1) is 6.04 Å². The van der Waals surface area contributed by atoms with Crippen LogP contribution in [0.1, 0.15) is 20.8 Å². The molecule has 1 aliphatic heterocycles. The van der Waals surface area contributed by atoms with E-state index in [0.717, 1.165) is 0 Å². The van der Waals surface area contributed by atoms with Crippen LogP contribution in [0.2, 0.25) is 0 Å². The molecule has 0 aromatic heterocycles. The molecule has 0 spiro atoms. The predicted octanol–water partition coefficient (Wildman–Crippen LogP) is 2.65. The summed E-state index contributed by atoms with van der Waals surface area (Å²) < 4.78 is 5.28. The second-order valence-corrected chi connectivity index (χ2v) is 6.01. The molecule has 0 unspecified atom stereocenters. The fourth-order valence-electron chi connectivity index (χ4n) is 1.64. The van der Waals surface area contributed by atoms with E-state index in [9.17, 15) is 4.79 Å². The van der Waals surface area contributed by atoms with Crippen LogP contribution < -0.4 is 0 Å². The average molecular weight is 258 g/mol. The summed E-state index contributed by atoms with van der Waals surface area (Å²) in [5.41, 5.74) is 7.97. The Balaban J connectivity index is 2.64. The molecule has 2 atom stereocenters. The van der Waals surface area contributed by atoms with Crippen LogP contribution >= 0.6 is 11.8 Å². The molecule has 1 saturated heterocycles. The Labute approximate surface area is 105 Å². The van der Waals surface area contributed by atoms with E-state index in [4.69, 9.17) is 10.3 Å². The molecular formula is C10H18N4O2S. The van der Waals surface area contributed by atoms with Crippen LogP contribution in [-0.4, -0.2) is 47.2 Å². The van der Waals surface area contributed by atoms with Crippen LogP contribution in [0.25, 0.3) is 10.4 Å². The zero-order valence-electron chi connectivity index (χ0n) is 10.6. The van der Waals surface area contributed by atoms with E-state index < -0.39 is 5.60 Å². The molecule has 96 valence electrons. The Bertz CT molecular complexity index is 336. The molecule has 1 aliphatic rings. The van der Waals surface area contributed by atoms with Gasteiger partial charge in [-0.1, -0.05) is 5.11 Å². The SMILES string of the molecule is CS[C@@H]1CN(C(=O)OC(C)(C)C)C[C@H]1N=[N+]=[N-]. The minimum atomic E-state index is -0.497. The molecule has 1 amide bonds. The Morgan fingerprint density at radius 3 is 2.65 bits per heavy atom. The molecule has 0 aromatic carbocycles. The van der Waals surface area contributed by atoms with Gasteiger partial charge in [-0.3, -0.25) is 0 Å². The van der Waals surface area contributed by atoms with Gasteiger partial charge < -0.3 is 9.64 Å². The van der Waals surface area contributed by atoms with Gasteiger partial charge in [-0.2, -0.15) is 11.8 Å². The summed E-state index contributed by atoms with van der Waals surface area (Å²) in [4.78, 5) is 16.3. The minimum Gasteiger partial charge on any atom is -0.444 e. The lowest BCUT2D eigenvalue weighted by Gasteiger charge is -2.24. The number of carbonyl (C=O) groups is 1. The number of amides is 1. The normalized spacial score (nSPS) is 24.4. The van der Waals surface area contributed by atoms with Gasteiger partial charge in [-0.15, -0.1) is 0 Å². The van der Waals surface area contributed by atoms with E-state index in [1.807, 2.05) is 27.0 Å². The van der Waals surface area contributed by atoms with E-state index in [1.165, 1.54) is 0 Å². The van der Waals surface area contributed by atoms with Gasteiger partial charge in [0.15, 0.2) is 0 Å². The highest BCUT2D eigenvalue weighted by atomic mass is 32.2. The zero-order chi connectivity index (χ0) is 13.1. The molecule has 0 N–H and O–H groups in total. The van der Waals surface area contributed by atoms with Gasteiger partial charge >= 0.3 is 6.09 Å². The first-order valence-electron chi connectivity index (χ1n) is 5.42. The molecule has 0 aliphatic carbocycles. The van der Waals surface area contributed by atoms with Crippen molar-refractivity contribution in [3.8, 4) is 0 Å². The van der Waals surface area contributed by atoms with Crippen molar-refractivity contribution in [3.63, 3.8) is 0 Å². The first kappa shape index (κ1) is 14.0. The van der Waals surface area contributed by atoms with Crippen molar-refractivity contribution in [2.45, 2.75) is 37.7 Å². The van der Waals surface area contributed by atoms with E-state index in [0.29, 0.717) is 13.1 Å². The third kappa shape index (κ3) is 4.02. The van der Waals surface area contributed by atoms with E-state index in [-0.39, 0.29) is 17.4 Å². The number of rotatable bonds is 2. The highest BCUT2D eigenvalue weighted by Gasteiger charge is 2.36. The van der Waals surface area contributed by atoms with E-state index in [1.54, 1.807) is 16.7 Å². The summed E-state index contributed by atoms with van der Waals surface area (Å²) in [5.74, 6) is 0. The maximum atomic E-state index is 11.8. The molecule has 0 aromatic rings.